The molecule has 0 bridgehead atoms. The Hall–Kier alpha value is -2.38. The maximum atomic E-state index is 13.8. The molecule has 2 aromatic carbocycles. The molecular weight excluding hydrogens is 455 g/mol. The van der Waals surface area contributed by atoms with Crippen LogP contribution in [0.4, 0.5) is 13.2 Å². The van der Waals surface area contributed by atoms with Crippen LogP contribution in [0.15, 0.2) is 59.1 Å². The molecule has 0 radical (unpaired) electrons. The van der Waals surface area contributed by atoms with Gasteiger partial charge in [0, 0.05) is 15.1 Å². The monoisotopic (exact) mass is 465 g/mol. The highest BCUT2D eigenvalue weighted by molar-refractivity contribution is 9.10. The van der Waals surface area contributed by atoms with Crippen LogP contribution in [-0.4, -0.2) is 14.8 Å². The molecule has 0 saturated heterocycles. The van der Waals surface area contributed by atoms with Crippen molar-refractivity contribution in [2.24, 2.45) is 0 Å². The van der Waals surface area contributed by atoms with Gasteiger partial charge in [-0.2, -0.15) is 18.3 Å². The number of hydrogen-bond donors (Lipinski definition) is 0. The summed E-state index contributed by atoms with van der Waals surface area (Å²) in [7, 11) is 0. The molecule has 0 atom stereocenters. The van der Waals surface area contributed by atoms with E-state index in [-0.39, 0.29) is 22.4 Å². The minimum atomic E-state index is -4.54. The first kappa shape index (κ1) is 19.0. The molecule has 28 heavy (non-hydrogen) atoms. The molecule has 2 heterocycles. The first-order valence-corrected chi connectivity index (χ1v) is 9.40. The van der Waals surface area contributed by atoms with Crippen LogP contribution >= 0.6 is 27.5 Å². The molecule has 0 spiro atoms. The molecule has 0 aliphatic carbocycles. The molecule has 142 valence electrons. The van der Waals surface area contributed by atoms with Gasteiger partial charge in [0.15, 0.2) is 5.65 Å². The zero-order valence-electron chi connectivity index (χ0n) is 14.4. The van der Waals surface area contributed by atoms with E-state index >= 15 is 0 Å². The van der Waals surface area contributed by atoms with Crippen molar-refractivity contribution in [3.63, 3.8) is 0 Å². The summed E-state index contributed by atoms with van der Waals surface area (Å²) in [6.45, 7) is 1.55. The fraction of sp³-hybridized carbons (Fsp3) is 0.100. The average molecular weight is 467 g/mol. The molecule has 0 N–H and O–H groups in total. The minimum absolute atomic E-state index is 0.0108. The predicted molar refractivity (Wildman–Crippen MR) is 107 cm³/mol. The van der Waals surface area contributed by atoms with E-state index in [0.29, 0.717) is 16.3 Å². The highest BCUT2D eigenvalue weighted by Gasteiger charge is 2.35. The van der Waals surface area contributed by atoms with Crippen molar-refractivity contribution in [1.82, 2.24) is 14.8 Å². The standard InChI is InChI=1S/C20H12BrClF3N3/c1-11-18-16(20(23,24)25)10-17(12-2-4-13(21)5-3-12)26-19(18)28(27-11)15-8-6-14(22)7-9-15/h2-10H,1H3. The zero-order valence-corrected chi connectivity index (χ0v) is 16.8. The van der Waals surface area contributed by atoms with Crippen molar-refractivity contribution in [2.75, 3.05) is 0 Å². The second kappa shape index (κ2) is 6.90. The SMILES string of the molecule is Cc1nn(-c2ccc(Cl)cc2)c2nc(-c3ccc(Br)cc3)cc(C(F)(F)F)c12. The van der Waals surface area contributed by atoms with Crippen molar-refractivity contribution in [2.45, 2.75) is 13.1 Å². The summed E-state index contributed by atoms with van der Waals surface area (Å²) in [6.07, 6.45) is -4.54. The predicted octanol–water partition coefficient (Wildman–Crippen LogP) is 6.83. The van der Waals surface area contributed by atoms with E-state index in [1.807, 2.05) is 0 Å². The van der Waals surface area contributed by atoms with Crippen LogP contribution in [0.3, 0.4) is 0 Å². The van der Waals surface area contributed by atoms with Gasteiger partial charge in [-0.05, 0) is 49.4 Å². The van der Waals surface area contributed by atoms with Gasteiger partial charge in [-0.1, -0.05) is 39.7 Å². The van der Waals surface area contributed by atoms with Crippen LogP contribution < -0.4 is 0 Å². The van der Waals surface area contributed by atoms with Gasteiger partial charge in [0.25, 0.3) is 0 Å². The smallest absolute Gasteiger partial charge is 0.228 e. The van der Waals surface area contributed by atoms with Gasteiger partial charge in [-0.15, -0.1) is 0 Å². The second-order valence-electron chi connectivity index (χ2n) is 6.23. The maximum Gasteiger partial charge on any atom is 0.417 e. The number of halogens is 5. The number of hydrogen-bond acceptors (Lipinski definition) is 2. The third-order valence-electron chi connectivity index (χ3n) is 4.33. The van der Waals surface area contributed by atoms with Gasteiger partial charge in [0.05, 0.1) is 28.0 Å². The quantitative estimate of drug-likeness (QED) is 0.324. The normalized spacial score (nSPS) is 11.9. The highest BCUT2D eigenvalue weighted by Crippen LogP contribution is 2.38. The van der Waals surface area contributed by atoms with E-state index in [4.69, 9.17) is 11.6 Å². The molecule has 0 aliphatic rings. The van der Waals surface area contributed by atoms with Crippen molar-refractivity contribution in [3.8, 4) is 16.9 Å². The van der Waals surface area contributed by atoms with Crippen molar-refractivity contribution < 1.29 is 13.2 Å². The van der Waals surface area contributed by atoms with Crippen molar-refractivity contribution >= 4 is 38.6 Å². The second-order valence-corrected chi connectivity index (χ2v) is 7.58. The van der Waals surface area contributed by atoms with E-state index in [9.17, 15) is 13.2 Å². The maximum absolute atomic E-state index is 13.8. The van der Waals surface area contributed by atoms with Gasteiger partial charge in [0.1, 0.15) is 0 Å². The third-order valence-corrected chi connectivity index (χ3v) is 5.11. The Bertz CT molecular complexity index is 1170. The third kappa shape index (κ3) is 3.40. The number of aryl methyl sites for hydroxylation is 1. The molecule has 0 aliphatic heterocycles. The lowest BCUT2D eigenvalue weighted by Crippen LogP contribution is -2.08. The van der Waals surface area contributed by atoms with Gasteiger partial charge >= 0.3 is 6.18 Å². The van der Waals surface area contributed by atoms with E-state index in [1.54, 1.807) is 55.5 Å². The lowest BCUT2D eigenvalue weighted by atomic mass is 10.1. The van der Waals surface area contributed by atoms with Crippen LogP contribution in [0.2, 0.25) is 5.02 Å². The van der Waals surface area contributed by atoms with Gasteiger partial charge < -0.3 is 0 Å². The first-order chi connectivity index (χ1) is 13.2. The van der Waals surface area contributed by atoms with E-state index in [0.717, 1.165) is 10.5 Å². The highest BCUT2D eigenvalue weighted by atomic mass is 79.9. The summed E-state index contributed by atoms with van der Waals surface area (Å²) in [5.41, 5.74) is 1.03. The molecule has 2 aromatic heterocycles. The van der Waals surface area contributed by atoms with Crippen molar-refractivity contribution in [3.05, 3.63) is 75.4 Å². The first-order valence-electron chi connectivity index (χ1n) is 8.23. The Morgan fingerprint density at radius 2 is 1.64 bits per heavy atom. The summed E-state index contributed by atoms with van der Waals surface area (Å²) < 4.78 is 43.7. The van der Waals surface area contributed by atoms with E-state index in [1.165, 1.54) is 4.68 Å². The largest absolute Gasteiger partial charge is 0.417 e. The van der Waals surface area contributed by atoms with Crippen LogP contribution in [0.5, 0.6) is 0 Å². The average Bonchev–Trinajstić information content (AvgIpc) is 2.98. The molecule has 4 aromatic rings. The number of benzene rings is 2. The van der Waals surface area contributed by atoms with Crippen LogP contribution in [-0.2, 0) is 6.18 Å². The molecule has 0 saturated carbocycles. The fourth-order valence-corrected chi connectivity index (χ4v) is 3.43. The van der Waals surface area contributed by atoms with Crippen molar-refractivity contribution in [1.29, 1.82) is 0 Å². The lowest BCUT2D eigenvalue weighted by molar-refractivity contribution is -0.136. The fourth-order valence-electron chi connectivity index (χ4n) is 3.04. The summed E-state index contributed by atoms with van der Waals surface area (Å²) in [4.78, 5) is 4.52. The summed E-state index contributed by atoms with van der Waals surface area (Å²) in [5.74, 6) is 0. The molecule has 3 nitrogen and oxygen atoms in total. The Labute approximate surface area is 171 Å². The Balaban J connectivity index is 2.04. The van der Waals surface area contributed by atoms with Gasteiger partial charge in [0.2, 0.25) is 0 Å². The van der Waals surface area contributed by atoms with Crippen LogP contribution in [0, 0.1) is 6.92 Å². The summed E-state index contributed by atoms with van der Waals surface area (Å²) in [5, 5.41) is 4.83. The van der Waals surface area contributed by atoms with Crippen LogP contribution in [0.25, 0.3) is 28.0 Å². The molecule has 0 unspecified atom stereocenters. The summed E-state index contributed by atoms with van der Waals surface area (Å²) >= 11 is 9.26. The topological polar surface area (TPSA) is 30.7 Å². The zero-order chi connectivity index (χ0) is 20.1. The van der Waals surface area contributed by atoms with Crippen LogP contribution in [0.1, 0.15) is 11.3 Å². The van der Waals surface area contributed by atoms with E-state index in [2.05, 4.69) is 26.0 Å². The number of pyridine rings is 1. The molecule has 0 fully saturated rings. The van der Waals surface area contributed by atoms with Gasteiger partial charge in [-0.25, -0.2) is 9.67 Å². The Kier molecular flexibility index (Phi) is 4.67. The molecule has 4 rings (SSSR count). The van der Waals surface area contributed by atoms with E-state index < -0.39 is 11.7 Å². The Morgan fingerprint density at radius 1 is 1.00 bits per heavy atom. The molecule has 0 amide bonds. The Morgan fingerprint density at radius 3 is 2.25 bits per heavy atom. The number of fused-ring (bicyclic) bond motifs is 1. The summed E-state index contributed by atoms with van der Waals surface area (Å²) in [6, 6.07) is 14.7. The molecular formula is C20H12BrClF3N3. The lowest BCUT2D eigenvalue weighted by Gasteiger charge is -2.12. The minimum Gasteiger partial charge on any atom is -0.228 e. The number of aromatic nitrogens is 3. The van der Waals surface area contributed by atoms with Gasteiger partial charge in [-0.3, -0.25) is 0 Å². The number of alkyl halides is 3. The molecule has 8 heteroatoms. The number of rotatable bonds is 2. The number of nitrogens with zero attached hydrogens (tertiary/aromatic N) is 3.